The van der Waals surface area contributed by atoms with Gasteiger partial charge in [-0.3, -0.25) is 0 Å². The van der Waals surface area contributed by atoms with Crippen LogP contribution in [0.3, 0.4) is 0 Å². The highest BCUT2D eigenvalue weighted by Gasteiger charge is 2.01. The number of nitrogens with one attached hydrogen (secondary N) is 2. The minimum Gasteiger partial charge on any atom is -0.481 e. The molecule has 1 aromatic carbocycles. The van der Waals surface area contributed by atoms with E-state index in [1.54, 1.807) is 31.1 Å². The highest BCUT2D eigenvalue weighted by Crippen LogP contribution is 2.12. The van der Waals surface area contributed by atoms with E-state index in [1.165, 1.54) is 11.1 Å². The molecule has 0 fully saturated rings. The van der Waals surface area contributed by atoms with E-state index < -0.39 is 0 Å². The average Bonchev–Trinajstić information content (AvgIpc) is 2.61. The molecular weight excluding hydrogens is 322 g/mol. The summed E-state index contributed by atoms with van der Waals surface area (Å²) in [6.07, 6.45) is 1.69. The molecule has 5 nitrogen and oxygen atoms in total. The van der Waals surface area contributed by atoms with E-state index in [2.05, 4.69) is 46.8 Å². The molecule has 0 saturated heterocycles. The van der Waals surface area contributed by atoms with Gasteiger partial charge in [-0.2, -0.15) is 11.8 Å². The van der Waals surface area contributed by atoms with Crippen LogP contribution in [0.4, 0.5) is 4.79 Å². The summed E-state index contributed by atoms with van der Waals surface area (Å²) in [5.41, 5.74) is 3.51. The topological polar surface area (TPSA) is 63.2 Å². The maximum atomic E-state index is 11.7. The van der Waals surface area contributed by atoms with Gasteiger partial charge in [0.15, 0.2) is 0 Å². The number of benzene rings is 1. The molecule has 0 bridgehead atoms. The van der Waals surface area contributed by atoms with Gasteiger partial charge < -0.3 is 15.4 Å². The van der Waals surface area contributed by atoms with E-state index >= 15 is 0 Å². The Bertz CT molecular complexity index is 630. The Labute approximate surface area is 147 Å². The van der Waals surface area contributed by atoms with Crippen LogP contribution in [0.1, 0.15) is 16.7 Å². The van der Waals surface area contributed by atoms with Crippen LogP contribution in [0.2, 0.25) is 0 Å². The fourth-order valence-electron chi connectivity index (χ4n) is 1.99. The first-order valence-corrected chi connectivity index (χ1v) is 8.97. The predicted octanol–water partition coefficient (Wildman–Crippen LogP) is 3.13. The number of nitrogens with zero attached hydrogens (tertiary/aromatic N) is 1. The predicted molar refractivity (Wildman–Crippen MR) is 98.4 cm³/mol. The summed E-state index contributed by atoms with van der Waals surface area (Å²) in [5.74, 6) is 2.40. The number of hydrogen-bond acceptors (Lipinski definition) is 4. The molecule has 0 aliphatic rings. The molecule has 0 aliphatic heterocycles. The van der Waals surface area contributed by atoms with Gasteiger partial charge in [-0.1, -0.05) is 35.9 Å². The first-order chi connectivity index (χ1) is 11.7. The van der Waals surface area contributed by atoms with Crippen LogP contribution in [-0.2, 0) is 12.3 Å². The number of rotatable bonds is 8. The smallest absolute Gasteiger partial charge is 0.315 e. The van der Waals surface area contributed by atoms with Crippen molar-refractivity contribution in [3.63, 3.8) is 0 Å². The molecule has 128 valence electrons. The Morgan fingerprint density at radius 1 is 1.12 bits per heavy atom. The second kappa shape index (κ2) is 9.82. The lowest BCUT2D eigenvalue weighted by Gasteiger charge is -2.08. The fourth-order valence-corrected chi connectivity index (χ4v) is 2.81. The zero-order chi connectivity index (χ0) is 17.2. The van der Waals surface area contributed by atoms with E-state index in [9.17, 15) is 4.79 Å². The number of carbonyl (C=O) groups is 1. The largest absolute Gasteiger partial charge is 0.481 e. The van der Waals surface area contributed by atoms with Gasteiger partial charge in [-0.05, 0) is 18.1 Å². The number of hydrogen-bond donors (Lipinski definition) is 2. The number of methoxy groups -OCH3 is 1. The molecule has 2 rings (SSSR count). The maximum absolute atomic E-state index is 11.7. The Balaban J connectivity index is 1.56. The SMILES string of the molecule is COc1ccc(CNC(=O)NCCSCc2ccc(C)cc2)cn1. The number of thioether (sulfide) groups is 1. The molecule has 0 saturated carbocycles. The molecule has 1 aromatic heterocycles. The monoisotopic (exact) mass is 345 g/mol. The third kappa shape index (κ3) is 6.50. The van der Waals surface area contributed by atoms with Crippen molar-refractivity contribution in [3.8, 4) is 5.88 Å². The van der Waals surface area contributed by atoms with Crippen molar-refractivity contribution in [2.45, 2.75) is 19.2 Å². The maximum Gasteiger partial charge on any atom is 0.315 e. The van der Waals surface area contributed by atoms with Gasteiger partial charge >= 0.3 is 6.03 Å². The van der Waals surface area contributed by atoms with Gasteiger partial charge in [0.05, 0.1) is 7.11 Å². The molecule has 2 N–H and O–H groups in total. The molecule has 24 heavy (non-hydrogen) atoms. The van der Waals surface area contributed by atoms with E-state index in [0.29, 0.717) is 19.0 Å². The van der Waals surface area contributed by atoms with E-state index in [1.807, 2.05) is 6.07 Å². The molecular formula is C18H23N3O2S. The summed E-state index contributed by atoms with van der Waals surface area (Å²) < 4.78 is 5.00. The van der Waals surface area contributed by atoms with Crippen LogP contribution in [-0.4, -0.2) is 30.4 Å². The van der Waals surface area contributed by atoms with E-state index in [0.717, 1.165) is 17.1 Å². The summed E-state index contributed by atoms with van der Waals surface area (Å²) in [5, 5.41) is 5.67. The van der Waals surface area contributed by atoms with Crippen molar-refractivity contribution in [1.29, 1.82) is 0 Å². The first-order valence-electron chi connectivity index (χ1n) is 7.81. The Hall–Kier alpha value is -2.21. The Morgan fingerprint density at radius 3 is 2.54 bits per heavy atom. The number of urea groups is 1. The third-order valence-electron chi connectivity index (χ3n) is 3.38. The number of amides is 2. The molecule has 0 unspecified atom stereocenters. The molecule has 0 atom stereocenters. The zero-order valence-corrected chi connectivity index (χ0v) is 14.9. The van der Waals surface area contributed by atoms with Crippen LogP contribution in [0.15, 0.2) is 42.6 Å². The molecule has 2 aromatic rings. The number of aryl methyl sites for hydroxylation is 1. The lowest BCUT2D eigenvalue weighted by Crippen LogP contribution is -2.36. The van der Waals surface area contributed by atoms with Crippen LogP contribution in [0.5, 0.6) is 5.88 Å². The van der Waals surface area contributed by atoms with Crippen LogP contribution >= 0.6 is 11.8 Å². The van der Waals surface area contributed by atoms with Crippen molar-refractivity contribution in [2.75, 3.05) is 19.4 Å². The summed E-state index contributed by atoms with van der Waals surface area (Å²) in [6, 6.07) is 12.0. The summed E-state index contributed by atoms with van der Waals surface area (Å²) in [6.45, 7) is 3.17. The lowest BCUT2D eigenvalue weighted by atomic mass is 10.2. The molecule has 1 heterocycles. The second-order valence-corrected chi connectivity index (χ2v) is 6.46. The van der Waals surface area contributed by atoms with Gasteiger partial charge in [0, 0.05) is 36.9 Å². The Morgan fingerprint density at radius 2 is 1.88 bits per heavy atom. The highest BCUT2D eigenvalue weighted by atomic mass is 32.2. The molecule has 0 spiro atoms. The molecule has 0 radical (unpaired) electrons. The molecule has 6 heteroatoms. The van der Waals surface area contributed by atoms with Crippen molar-refractivity contribution in [3.05, 3.63) is 59.3 Å². The van der Waals surface area contributed by atoms with Gasteiger partial charge in [0.1, 0.15) is 0 Å². The number of carbonyl (C=O) groups excluding carboxylic acids is 1. The average molecular weight is 345 g/mol. The third-order valence-corrected chi connectivity index (χ3v) is 4.41. The first kappa shape index (κ1) is 18.1. The van der Waals surface area contributed by atoms with Gasteiger partial charge in [-0.25, -0.2) is 9.78 Å². The second-order valence-electron chi connectivity index (χ2n) is 5.36. The molecule has 0 aliphatic carbocycles. The van der Waals surface area contributed by atoms with Crippen molar-refractivity contribution in [1.82, 2.24) is 15.6 Å². The standard InChI is InChI=1S/C18H23N3O2S/c1-14-3-5-15(6-4-14)13-24-10-9-19-18(22)21-12-16-7-8-17(23-2)20-11-16/h3-8,11H,9-10,12-13H2,1-2H3,(H2,19,21,22). The van der Waals surface area contributed by atoms with Gasteiger partial charge in [0.2, 0.25) is 5.88 Å². The van der Waals surface area contributed by atoms with Crippen molar-refractivity contribution in [2.24, 2.45) is 0 Å². The van der Waals surface area contributed by atoms with Gasteiger partial charge in [-0.15, -0.1) is 0 Å². The molecule has 2 amide bonds. The van der Waals surface area contributed by atoms with Crippen LogP contribution in [0, 0.1) is 6.92 Å². The van der Waals surface area contributed by atoms with Crippen molar-refractivity contribution < 1.29 is 9.53 Å². The van der Waals surface area contributed by atoms with E-state index in [-0.39, 0.29) is 6.03 Å². The minimum absolute atomic E-state index is 0.165. The summed E-state index contributed by atoms with van der Waals surface area (Å²) in [4.78, 5) is 15.8. The number of ether oxygens (including phenoxy) is 1. The van der Waals surface area contributed by atoms with Gasteiger partial charge in [0.25, 0.3) is 0 Å². The quantitative estimate of drug-likeness (QED) is 0.722. The lowest BCUT2D eigenvalue weighted by molar-refractivity contribution is 0.241. The zero-order valence-electron chi connectivity index (χ0n) is 14.0. The van der Waals surface area contributed by atoms with Crippen LogP contribution < -0.4 is 15.4 Å². The van der Waals surface area contributed by atoms with Crippen LogP contribution in [0.25, 0.3) is 0 Å². The van der Waals surface area contributed by atoms with Crippen molar-refractivity contribution >= 4 is 17.8 Å². The summed E-state index contributed by atoms with van der Waals surface area (Å²) in [7, 11) is 1.57. The normalized spacial score (nSPS) is 10.2. The van der Waals surface area contributed by atoms with E-state index in [4.69, 9.17) is 4.74 Å². The Kier molecular flexibility index (Phi) is 7.42. The number of aromatic nitrogens is 1. The number of pyridine rings is 1. The minimum atomic E-state index is -0.165. The fraction of sp³-hybridized carbons (Fsp3) is 0.333. The highest BCUT2D eigenvalue weighted by molar-refractivity contribution is 7.98. The summed E-state index contributed by atoms with van der Waals surface area (Å²) >= 11 is 1.81.